The number of hydrogen-bond acceptors (Lipinski definition) is 12. The van der Waals surface area contributed by atoms with Gasteiger partial charge >= 0.3 is 23.9 Å². The number of benzene rings is 2. The smallest absolute Gasteiger partial charge is 0.303 e. The van der Waals surface area contributed by atoms with Crippen molar-refractivity contribution in [2.24, 2.45) is 0 Å². The van der Waals surface area contributed by atoms with Crippen LogP contribution in [0.5, 0.6) is 0 Å². The van der Waals surface area contributed by atoms with Crippen molar-refractivity contribution in [3.05, 3.63) is 60.7 Å². The number of esters is 4. The van der Waals surface area contributed by atoms with Crippen LogP contribution in [0.3, 0.4) is 0 Å². The monoisotopic (exact) mass is 688 g/mol. The van der Waals surface area contributed by atoms with Crippen molar-refractivity contribution < 1.29 is 56.8 Å². The highest BCUT2D eigenvalue weighted by atomic mass is 28.4. The van der Waals surface area contributed by atoms with Crippen LogP contribution in [-0.4, -0.2) is 89.0 Å². The van der Waals surface area contributed by atoms with Gasteiger partial charge in [-0.3, -0.25) is 19.2 Å². The van der Waals surface area contributed by atoms with Gasteiger partial charge in [-0.2, -0.15) is 0 Å². The summed E-state index contributed by atoms with van der Waals surface area (Å²) in [7, 11) is -1.45. The van der Waals surface area contributed by atoms with E-state index >= 15 is 0 Å². The van der Waals surface area contributed by atoms with Gasteiger partial charge in [-0.25, -0.2) is 0 Å². The van der Waals surface area contributed by atoms with E-state index in [0.717, 1.165) is 24.2 Å². The second-order valence-corrected chi connectivity index (χ2v) is 17.1. The summed E-state index contributed by atoms with van der Waals surface area (Å²) >= 11 is 0. The molecule has 1 fully saturated rings. The maximum atomic E-state index is 12.3. The fourth-order valence-corrected chi connectivity index (χ4v) is 10.5. The van der Waals surface area contributed by atoms with Gasteiger partial charge in [-0.15, -0.1) is 0 Å². The van der Waals surface area contributed by atoms with E-state index in [1.165, 1.54) is 21.0 Å². The minimum absolute atomic E-state index is 0.195. The molecule has 13 heteroatoms. The molecule has 1 unspecified atom stereocenters. The Bertz CT molecular complexity index is 1340. The molecule has 0 amide bonds. The molecule has 0 saturated carbocycles. The molecule has 48 heavy (non-hydrogen) atoms. The normalized spacial score (nSPS) is 22.6. The van der Waals surface area contributed by atoms with Crippen LogP contribution in [0.4, 0.5) is 0 Å². The Hall–Kier alpha value is -3.62. The van der Waals surface area contributed by atoms with Gasteiger partial charge < -0.3 is 37.6 Å². The largest absolute Gasteiger partial charge is 0.463 e. The van der Waals surface area contributed by atoms with Gasteiger partial charge in [0.15, 0.2) is 24.1 Å². The highest BCUT2D eigenvalue weighted by Gasteiger charge is 2.55. The Kier molecular flexibility index (Phi) is 13.5. The highest BCUT2D eigenvalue weighted by molar-refractivity contribution is 6.99. The summed E-state index contributed by atoms with van der Waals surface area (Å²) in [6.07, 6.45) is -6.44. The van der Waals surface area contributed by atoms with Gasteiger partial charge in [0.25, 0.3) is 8.32 Å². The first kappa shape index (κ1) is 38.8. The number of carbonyl (C=O) groups is 4. The van der Waals surface area contributed by atoms with Gasteiger partial charge in [0.2, 0.25) is 6.29 Å². The summed E-state index contributed by atoms with van der Waals surface area (Å²) < 4.78 is 47.2. The fraction of sp³-hybridized carbons (Fsp3) is 0.543. The predicted octanol–water partition coefficient (Wildman–Crippen LogP) is 3.42. The maximum Gasteiger partial charge on any atom is 0.303 e. The molecular weight excluding hydrogens is 640 g/mol. The number of hydrogen-bond donors (Lipinski definition) is 0. The fourth-order valence-electron chi connectivity index (χ4n) is 5.89. The zero-order valence-electron chi connectivity index (χ0n) is 29.2. The maximum absolute atomic E-state index is 12.3. The van der Waals surface area contributed by atoms with Gasteiger partial charge in [0, 0.05) is 47.8 Å². The third-order valence-corrected chi connectivity index (χ3v) is 13.1. The average Bonchev–Trinajstić information content (AvgIpc) is 3.01. The summed E-state index contributed by atoms with van der Waals surface area (Å²) in [5.41, 5.74) is 0. The molecule has 0 aromatic heterocycles. The number of rotatable bonds is 14. The quantitative estimate of drug-likeness (QED) is 0.124. The van der Waals surface area contributed by atoms with E-state index in [9.17, 15) is 19.2 Å². The van der Waals surface area contributed by atoms with Crippen LogP contribution in [0.2, 0.25) is 5.04 Å². The van der Waals surface area contributed by atoms with Crippen molar-refractivity contribution >= 4 is 42.6 Å². The predicted molar refractivity (Wildman–Crippen MR) is 177 cm³/mol. The summed E-state index contributed by atoms with van der Waals surface area (Å²) in [6.45, 7) is 12.7. The molecule has 2 aromatic rings. The Labute approximate surface area is 283 Å². The van der Waals surface area contributed by atoms with Crippen molar-refractivity contribution in [1.29, 1.82) is 0 Å². The van der Waals surface area contributed by atoms with Crippen LogP contribution in [-0.2, 0) is 56.8 Å². The molecule has 264 valence electrons. The summed E-state index contributed by atoms with van der Waals surface area (Å²) in [4.78, 5) is 48.3. The third-order valence-electron chi connectivity index (χ3n) is 8.04. The number of carbonyl (C=O) groups excluding carboxylic acids is 4. The Morgan fingerprint density at radius 2 is 1.19 bits per heavy atom. The van der Waals surface area contributed by atoms with E-state index in [1.54, 1.807) is 6.92 Å². The van der Waals surface area contributed by atoms with Gasteiger partial charge in [0.1, 0.15) is 12.7 Å². The molecule has 0 aliphatic carbocycles. The minimum atomic E-state index is -2.90. The molecule has 6 atom stereocenters. The van der Waals surface area contributed by atoms with Crippen LogP contribution < -0.4 is 10.4 Å². The van der Waals surface area contributed by atoms with Crippen molar-refractivity contribution in [2.75, 3.05) is 20.3 Å². The second kappa shape index (κ2) is 16.7. The second-order valence-electron chi connectivity index (χ2n) is 12.8. The van der Waals surface area contributed by atoms with Crippen molar-refractivity contribution in [3.8, 4) is 0 Å². The van der Waals surface area contributed by atoms with Crippen LogP contribution in [0.25, 0.3) is 0 Å². The van der Waals surface area contributed by atoms with Crippen molar-refractivity contribution in [2.45, 2.75) is 103 Å². The topological polar surface area (TPSA) is 142 Å². The lowest BCUT2D eigenvalue weighted by atomic mass is 9.98. The summed E-state index contributed by atoms with van der Waals surface area (Å²) in [6, 6.07) is 20.3. The number of ether oxygens (including phenoxy) is 7. The molecule has 1 aliphatic rings. The first-order valence-electron chi connectivity index (χ1n) is 15.8. The molecule has 0 radical (unpaired) electrons. The van der Waals surface area contributed by atoms with Crippen LogP contribution >= 0.6 is 0 Å². The van der Waals surface area contributed by atoms with Gasteiger partial charge in [-0.1, -0.05) is 81.4 Å². The standard InChI is InChI=1S/C35H48O12Si/c1-23(36)41-22-29-30(43-24(2)37)31(44-25(3)38)32(45-26(4)39)33(46-29)47-35(8,40-9)20-21-42-48(34(5,6)7,27-16-12-10-13-17-27)28-18-14-11-15-19-28/h10-19,29-33H,20-22H2,1-9H3/t29-,30-,31+,32-,33+,35?/m1/s1. The lowest BCUT2D eigenvalue weighted by Crippen LogP contribution is -2.67. The number of methoxy groups -OCH3 is 1. The van der Waals surface area contributed by atoms with Gasteiger partial charge in [-0.05, 0) is 22.3 Å². The Balaban J connectivity index is 1.98. The van der Waals surface area contributed by atoms with E-state index in [0.29, 0.717) is 0 Å². The molecule has 2 aromatic carbocycles. The Morgan fingerprint density at radius 3 is 1.62 bits per heavy atom. The lowest BCUT2D eigenvalue weighted by molar-refractivity contribution is -0.365. The third kappa shape index (κ3) is 9.72. The van der Waals surface area contributed by atoms with E-state index < -0.39 is 68.7 Å². The first-order chi connectivity index (χ1) is 22.5. The molecule has 0 spiro atoms. The summed E-state index contributed by atoms with van der Waals surface area (Å²) in [5.74, 6) is -4.21. The van der Waals surface area contributed by atoms with Crippen LogP contribution in [0.1, 0.15) is 61.8 Å². The van der Waals surface area contributed by atoms with Crippen molar-refractivity contribution in [1.82, 2.24) is 0 Å². The highest BCUT2D eigenvalue weighted by Crippen LogP contribution is 2.38. The molecule has 1 saturated heterocycles. The van der Waals surface area contributed by atoms with E-state index in [2.05, 4.69) is 45.0 Å². The van der Waals surface area contributed by atoms with E-state index in [4.69, 9.17) is 37.6 Å². The molecule has 1 aliphatic heterocycles. The molecule has 0 N–H and O–H groups in total. The zero-order chi connectivity index (χ0) is 35.7. The van der Waals surface area contributed by atoms with Crippen LogP contribution in [0, 0.1) is 0 Å². The van der Waals surface area contributed by atoms with E-state index in [1.807, 2.05) is 36.4 Å². The van der Waals surface area contributed by atoms with Crippen LogP contribution in [0.15, 0.2) is 60.7 Å². The molecular formula is C35H48O12Si. The zero-order valence-corrected chi connectivity index (χ0v) is 30.2. The van der Waals surface area contributed by atoms with E-state index in [-0.39, 0.29) is 24.7 Å². The molecule has 0 bridgehead atoms. The molecule has 1 heterocycles. The van der Waals surface area contributed by atoms with Gasteiger partial charge in [0.05, 0.1) is 0 Å². The molecule has 3 rings (SSSR count). The Morgan fingerprint density at radius 1 is 0.708 bits per heavy atom. The average molecular weight is 689 g/mol. The first-order valence-corrected chi connectivity index (χ1v) is 17.7. The minimum Gasteiger partial charge on any atom is -0.463 e. The lowest BCUT2D eigenvalue weighted by Gasteiger charge is -2.46. The summed E-state index contributed by atoms with van der Waals surface area (Å²) in [5, 5.41) is 1.92. The molecule has 12 nitrogen and oxygen atoms in total. The van der Waals surface area contributed by atoms with Crippen molar-refractivity contribution in [3.63, 3.8) is 0 Å². The SMILES string of the molecule is COC(C)(CCO[Si](c1ccccc1)(c1ccccc1)C(C)(C)C)O[C@@H]1O[C@H](COC(C)=O)[C@@H](OC(C)=O)[C@H](OC(C)=O)[C@H]1OC(C)=O.